The maximum Gasteiger partial charge on any atom is 0.103 e. The second kappa shape index (κ2) is 5.47. The molecule has 1 aromatic carbocycles. The Labute approximate surface area is 120 Å². The highest BCUT2D eigenvalue weighted by atomic mass is 32.1. The summed E-state index contributed by atoms with van der Waals surface area (Å²) in [5.41, 5.74) is 7.73. The van der Waals surface area contributed by atoms with Gasteiger partial charge < -0.3 is 16.0 Å². The van der Waals surface area contributed by atoms with Crippen molar-refractivity contribution >= 4 is 22.9 Å². The Morgan fingerprint density at radius 3 is 2.74 bits per heavy atom. The fourth-order valence-electron chi connectivity index (χ4n) is 3.32. The number of hydrogen-bond acceptors (Lipinski definition) is 3. The molecule has 2 unspecified atom stereocenters. The standard InChI is InChI=1S/C15H21N3S/c16-15(19)11-3-5-12(6-4-11)17-13-7-9-18-8-1-2-14(18)10-13/h3-6,13-14,17H,1-2,7-10H2,(H2,16,19). The summed E-state index contributed by atoms with van der Waals surface area (Å²) in [5, 5.41) is 3.65. The van der Waals surface area contributed by atoms with E-state index in [1.807, 2.05) is 12.1 Å². The van der Waals surface area contributed by atoms with Crippen LogP contribution in [-0.2, 0) is 0 Å². The van der Waals surface area contributed by atoms with Crippen LogP contribution in [0.25, 0.3) is 0 Å². The second-order valence-electron chi connectivity index (χ2n) is 5.64. The lowest BCUT2D eigenvalue weighted by atomic mass is 9.97. The highest BCUT2D eigenvalue weighted by molar-refractivity contribution is 7.80. The van der Waals surface area contributed by atoms with Crippen LogP contribution in [0.5, 0.6) is 0 Å². The summed E-state index contributed by atoms with van der Waals surface area (Å²) in [6.45, 7) is 2.55. The van der Waals surface area contributed by atoms with Crippen molar-refractivity contribution < 1.29 is 0 Å². The molecular weight excluding hydrogens is 254 g/mol. The number of hydrogen-bond donors (Lipinski definition) is 2. The van der Waals surface area contributed by atoms with Crippen molar-refractivity contribution in [3.8, 4) is 0 Å². The molecule has 2 fully saturated rings. The number of benzene rings is 1. The van der Waals surface area contributed by atoms with Gasteiger partial charge in [0.25, 0.3) is 0 Å². The molecule has 0 aliphatic carbocycles. The SMILES string of the molecule is NC(=S)c1ccc(NC2CCN3CCCC3C2)cc1. The fraction of sp³-hybridized carbons (Fsp3) is 0.533. The lowest BCUT2D eigenvalue weighted by Gasteiger charge is -2.35. The van der Waals surface area contributed by atoms with Crippen molar-refractivity contribution in [1.82, 2.24) is 4.90 Å². The van der Waals surface area contributed by atoms with Crippen LogP contribution in [-0.4, -0.2) is 35.1 Å². The van der Waals surface area contributed by atoms with Gasteiger partial charge in [-0.3, -0.25) is 0 Å². The molecule has 0 bridgehead atoms. The average molecular weight is 275 g/mol. The molecule has 0 aromatic heterocycles. The van der Waals surface area contributed by atoms with Crippen molar-refractivity contribution in [3.63, 3.8) is 0 Å². The highest BCUT2D eigenvalue weighted by Crippen LogP contribution is 2.28. The molecule has 0 radical (unpaired) electrons. The predicted molar refractivity (Wildman–Crippen MR) is 83.6 cm³/mol. The number of thiocarbonyl (C=S) groups is 1. The van der Waals surface area contributed by atoms with Crippen LogP contribution in [0.2, 0.25) is 0 Å². The molecule has 19 heavy (non-hydrogen) atoms. The summed E-state index contributed by atoms with van der Waals surface area (Å²) in [6.07, 6.45) is 5.27. The first-order valence-electron chi connectivity index (χ1n) is 7.13. The van der Waals surface area contributed by atoms with E-state index in [0.717, 1.165) is 11.6 Å². The summed E-state index contributed by atoms with van der Waals surface area (Å²) in [6, 6.07) is 9.56. The Hall–Kier alpha value is -1.13. The number of fused-ring (bicyclic) bond motifs is 1. The van der Waals surface area contributed by atoms with Crippen molar-refractivity contribution in [1.29, 1.82) is 0 Å². The Morgan fingerprint density at radius 1 is 1.21 bits per heavy atom. The van der Waals surface area contributed by atoms with Crippen LogP contribution in [0.1, 0.15) is 31.2 Å². The van der Waals surface area contributed by atoms with Gasteiger partial charge in [0.05, 0.1) is 0 Å². The molecule has 2 atom stereocenters. The molecule has 2 aliphatic rings. The number of nitrogens with two attached hydrogens (primary N) is 1. The zero-order chi connectivity index (χ0) is 13.2. The molecule has 0 amide bonds. The number of rotatable bonds is 3. The molecule has 3 rings (SSSR count). The van der Waals surface area contributed by atoms with E-state index in [1.54, 1.807) is 0 Å². The zero-order valence-electron chi connectivity index (χ0n) is 11.1. The van der Waals surface area contributed by atoms with Crippen LogP contribution >= 0.6 is 12.2 Å². The molecular formula is C15H21N3S. The van der Waals surface area contributed by atoms with E-state index in [4.69, 9.17) is 18.0 Å². The first-order valence-corrected chi connectivity index (χ1v) is 7.53. The third-order valence-corrected chi connectivity index (χ3v) is 4.60. The maximum absolute atomic E-state index is 5.61. The van der Waals surface area contributed by atoms with Crippen LogP contribution in [0, 0.1) is 0 Å². The maximum atomic E-state index is 5.61. The minimum absolute atomic E-state index is 0.464. The normalized spacial score (nSPS) is 26.9. The third-order valence-electron chi connectivity index (χ3n) is 4.36. The van der Waals surface area contributed by atoms with Crippen LogP contribution in [0.15, 0.2) is 24.3 Å². The highest BCUT2D eigenvalue weighted by Gasteiger charge is 2.31. The van der Waals surface area contributed by atoms with Gasteiger partial charge in [0.2, 0.25) is 0 Å². The van der Waals surface area contributed by atoms with E-state index in [0.29, 0.717) is 11.0 Å². The lowest BCUT2D eigenvalue weighted by Crippen LogP contribution is -2.42. The van der Waals surface area contributed by atoms with Gasteiger partial charge in [-0.15, -0.1) is 0 Å². The molecule has 0 spiro atoms. The Balaban J connectivity index is 1.60. The average Bonchev–Trinajstić information content (AvgIpc) is 2.87. The third kappa shape index (κ3) is 2.90. The van der Waals surface area contributed by atoms with Crippen LogP contribution < -0.4 is 11.1 Å². The van der Waals surface area contributed by atoms with Gasteiger partial charge in [-0.2, -0.15) is 0 Å². The number of piperidine rings is 1. The summed E-state index contributed by atoms with van der Waals surface area (Å²) < 4.78 is 0. The number of anilines is 1. The van der Waals surface area contributed by atoms with Crippen LogP contribution in [0.3, 0.4) is 0 Å². The summed E-state index contributed by atoms with van der Waals surface area (Å²) in [7, 11) is 0. The summed E-state index contributed by atoms with van der Waals surface area (Å²) in [4.78, 5) is 3.11. The molecule has 102 valence electrons. The van der Waals surface area contributed by atoms with E-state index in [-0.39, 0.29) is 0 Å². The van der Waals surface area contributed by atoms with E-state index < -0.39 is 0 Å². The predicted octanol–water partition coefficient (Wildman–Crippen LogP) is 2.36. The quantitative estimate of drug-likeness (QED) is 0.831. The van der Waals surface area contributed by atoms with Gasteiger partial charge in [0.1, 0.15) is 4.99 Å². The van der Waals surface area contributed by atoms with Crippen molar-refractivity contribution in [2.45, 2.75) is 37.8 Å². The van der Waals surface area contributed by atoms with E-state index in [2.05, 4.69) is 22.3 Å². The van der Waals surface area contributed by atoms with Gasteiger partial charge in [-0.25, -0.2) is 0 Å². The first-order chi connectivity index (χ1) is 9.22. The second-order valence-corrected chi connectivity index (χ2v) is 6.08. The Bertz CT molecular complexity index is 457. The molecule has 0 saturated carbocycles. The lowest BCUT2D eigenvalue weighted by molar-refractivity contribution is 0.188. The molecule has 4 heteroatoms. The molecule has 2 saturated heterocycles. The van der Waals surface area contributed by atoms with E-state index in [9.17, 15) is 0 Å². The zero-order valence-corrected chi connectivity index (χ0v) is 12.0. The van der Waals surface area contributed by atoms with Gasteiger partial charge in [0, 0.05) is 29.9 Å². The smallest absolute Gasteiger partial charge is 0.103 e. The number of nitrogens with zero attached hydrogens (tertiary/aromatic N) is 1. The summed E-state index contributed by atoms with van der Waals surface area (Å²) >= 11 is 4.97. The topological polar surface area (TPSA) is 41.3 Å². The molecule has 2 aliphatic heterocycles. The minimum atomic E-state index is 0.464. The monoisotopic (exact) mass is 275 g/mol. The van der Waals surface area contributed by atoms with Crippen molar-refractivity contribution in [3.05, 3.63) is 29.8 Å². The fourth-order valence-corrected chi connectivity index (χ4v) is 3.46. The van der Waals surface area contributed by atoms with Gasteiger partial charge in [0.15, 0.2) is 0 Å². The largest absolute Gasteiger partial charge is 0.389 e. The Morgan fingerprint density at radius 2 is 2.00 bits per heavy atom. The number of nitrogens with one attached hydrogen (secondary N) is 1. The first kappa shape index (κ1) is 12.9. The van der Waals surface area contributed by atoms with E-state index in [1.165, 1.54) is 44.5 Å². The van der Waals surface area contributed by atoms with Gasteiger partial charge in [-0.05, 0) is 56.5 Å². The molecule has 3 N–H and O–H groups in total. The van der Waals surface area contributed by atoms with Gasteiger partial charge in [-0.1, -0.05) is 12.2 Å². The van der Waals surface area contributed by atoms with Gasteiger partial charge >= 0.3 is 0 Å². The molecule has 2 heterocycles. The van der Waals surface area contributed by atoms with Crippen molar-refractivity contribution in [2.75, 3.05) is 18.4 Å². The summed E-state index contributed by atoms with van der Waals surface area (Å²) in [5.74, 6) is 0. The Kier molecular flexibility index (Phi) is 3.71. The van der Waals surface area contributed by atoms with E-state index >= 15 is 0 Å². The molecule has 3 nitrogen and oxygen atoms in total. The minimum Gasteiger partial charge on any atom is -0.389 e. The molecule has 1 aromatic rings. The van der Waals surface area contributed by atoms with Crippen LogP contribution in [0.4, 0.5) is 5.69 Å². The van der Waals surface area contributed by atoms with Crippen molar-refractivity contribution in [2.24, 2.45) is 5.73 Å².